The number of hydrogen-bond acceptors (Lipinski definition) is 3. The number of hydrogen-bond donors (Lipinski definition) is 2. The van der Waals surface area contributed by atoms with Gasteiger partial charge in [0, 0.05) is 0 Å². The minimum atomic E-state index is -4.92. The van der Waals surface area contributed by atoms with Crippen LogP contribution in [0.1, 0.15) is 0 Å². The normalized spacial score (nSPS) is 7.25. The fourth-order valence-corrected chi connectivity index (χ4v) is 0. The van der Waals surface area contributed by atoms with E-state index in [2.05, 4.69) is 0 Å². The molecule has 0 aliphatic rings. The monoisotopic (exact) mass is 201 g/mol. The van der Waals surface area contributed by atoms with E-state index < -0.39 is 10.4 Å². The average Bonchev–Trinajstić information content (AvgIpc) is 0.722. The topological polar surface area (TPSA) is 114 Å². The number of halogens is 1. The maximum absolute atomic E-state index is 8.63. The Hall–Kier alpha value is 0.907. The standard InChI is InChI=1S/BrH.Li.H3N.H2O4S/c;;;1-5(2,3)4/h1H;;1H3;(H2,1,2,3,4)/q;+1;;/p-1. The van der Waals surface area contributed by atoms with Crippen molar-refractivity contribution in [3.8, 4) is 0 Å². The molecule has 5 nitrogen and oxygen atoms in total. The molecule has 0 radical (unpaired) electrons. The van der Waals surface area contributed by atoms with Gasteiger partial charge in [0.2, 0.25) is 10.4 Å². The molecule has 0 fully saturated rings. The van der Waals surface area contributed by atoms with Crippen LogP contribution in [0.4, 0.5) is 0 Å². The molecule has 5 N–H and O–H groups in total. The summed E-state index contributed by atoms with van der Waals surface area (Å²) in [6, 6.07) is 0. The minimum Gasteiger partial charge on any atom is -1.00 e. The summed E-state index contributed by atoms with van der Waals surface area (Å²) in [5, 5.41) is 0. The van der Waals surface area contributed by atoms with E-state index in [0.717, 1.165) is 0 Å². The summed E-state index contributed by atoms with van der Waals surface area (Å²) < 4.78 is 32.8. The zero-order valence-electron chi connectivity index (χ0n) is 4.46. The summed E-state index contributed by atoms with van der Waals surface area (Å²) in [6.07, 6.45) is 0. The quantitative estimate of drug-likeness (QED) is 0.231. The van der Waals surface area contributed by atoms with Crippen molar-refractivity contribution in [2.45, 2.75) is 0 Å². The summed E-state index contributed by atoms with van der Waals surface area (Å²) in [6.45, 7) is 0. The third-order valence-corrected chi connectivity index (χ3v) is 0. The van der Waals surface area contributed by atoms with Gasteiger partial charge in [-0.25, -0.2) is 8.42 Å². The predicted molar refractivity (Wildman–Crippen MR) is 18.3 cm³/mol. The zero-order chi connectivity index (χ0) is 4.50. The summed E-state index contributed by atoms with van der Waals surface area (Å²) in [7, 11) is -4.92. The molecule has 0 spiro atoms. The van der Waals surface area contributed by atoms with Gasteiger partial charge in [-0.1, -0.05) is 0 Å². The van der Waals surface area contributed by atoms with Crippen molar-refractivity contribution in [1.29, 1.82) is 0 Å². The molecule has 48 valence electrons. The van der Waals surface area contributed by atoms with Gasteiger partial charge in [-0.15, -0.1) is 0 Å². The first kappa shape index (κ1) is 23.1. The van der Waals surface area contributed by atoms with E-state index >= 15 is 0 Å². The maximum Gasteiger partial charge on any atom is 1.00 e. The van der Waals surface area contributed by atoms with Crippen LogP contribution in [0.15, 0.2) is 0 Å². The second-order valence-electron chi connectivity index (χ2n) is 0.428. The van der Waals surface area contributed by atoms with Crippen molar-refractivity contribution in [3.63, 3.8) is 0 Å². The van der Waals surface area contributed by atoms with Crippen LogP contribution in [-0.4, -0.2) is 17.5 Å². The van der Waals surface area contributed by atoms with E-state index in [4.69, 9.17) is 17.5 Å². The molecule has 0 saturated heterocycles. The van der Waals surface area contributed by atoms with Crippen molar-refractivity contribution in [1.82, 2.24) is 6.15 Å². The summed E-state index contributed by atoms with van der Waals surface area (Å²) in [5.41, 5.74) is 0. The number of rotatable bonds is 0. The Morgan fingerprint density at radius 3 is 1.38 bits per heavy atom. The Morgan fingerprint density at radius 1 is 1.38 bits per heavy atom. The van der Waals surface area contributed by atoms with Gasteiger partial charge in [0.15, 0.2) is 0 Å². The van der Waals surface area contributed by atoms with Gasteiger partial charge < -0.3 is 27.7 Å². The molecule has 0 unspecified atom stereocenters. The van der Waals surface area contributed by atoms with Gasteiger partial charge in [-0.3, -0.25) is 4.55 Å². The van der Waals surface area contributed by atoms with Gasteiger partial charge in [-0.2, -0.15) is 0 Å². The van der Waals surface area contributed by atoms with Crippen LogP contribution >= 0.6 is 0 Å². The summed E-state index contributed by atoms with van der Waals surface area (Å²) in [4.78, 5) is 0. The van der Waals surface area contributed by atoms with Crippen LogP contribution in [0, 0.1) is 0 Å². The van der Waals surface area contributed by atoms with Gasteiger partial charge >= 0.3 is 18.9 Å². The van der Waals surface area contributed by atoms with Crippen LogP contribution in [0.3, 0.4) is 0 Å². The van der Waals surface area contributed by atoms with Crippen molar-refractivity contribution in [2.75, 3.05) is 0 Å². The van der Waals surface area contributed by atoms with Crippen LogP contribution in [0.5, 0.6) is 0 Å². The Balaban J connectivity index is -0.0000000267. The van der Waals surface area contributed by atoms with E-state index in [0.29, 0.717) is 0 Å². The molecule has 0 bridgehead atoms. The van der Waals surface area contributed by atoms with Gasteiger partial charge in [0.25, 0.3) is 0 Å². The Labute approximate surface area is 70.0 Å². The zero-order valence-corrected chi connectivity index (χ0v) is 6.86. The van der Waals surface area contributed by atoms with E-state index in [1.54, 1.807) is 0 Å². The molecule has 0 rings (SSSR count). The summed E-state index contributed by atoms with van der Waals surface area (Å²) >= 11 is 0. The van der Waals surface area contributed by atoms with Crippen LogP contribution in [0.2, 0.25) is 0 Å². The molecule has 0 heterocycles. The molecule has 0 aliphatic heterocycles. The van der Waals surface area contributed by atoms with Crippen molar-refractivity contribution in [2.24, 2.45) is 0 Å². The molecule has 8 heavy (non-hydrogen) atoms. The molecule has 0 aromatic heterocycles. The Kier molecular flexibility index (Phi) is 22.9. The van der Waals surface area contributed by atoms with Crippen molar-refractivity contribution < 1.29 is 53.4 Å². The Bertz CT molecular complexity index is 99.2. The first-order valence-corrected chi connectivity index (χ1v) is 2.05. The SMILES string of the molecule is O=S(=O)([O-])O.[Br-].[Li+].[NH4+]. The third kappa shape index (κ3) is 293. The maximum atomic E-state index is 8.63. The average molecular weight is 202 g/mol. The fraction of sp³-hybridized carbons (Fsp3) is 0. The van der Waals surface area contributed by atoms with E-state index in [1.165, 1.54) is 0 Å². The predicted octanol–water partition coefficient (Wildman–Crippen LogP) is -6.61. The van der Waals surface area contributed by atoms with Crippen molar-refractivity contribution >= 4 is 10.4 Å². The Morgan fingerprint density at radius 2 is 1.38 bits per heavy atom. The third-order valence-electron chi connectivity index (χ3n) is 0. The first-order chi connectivity index (χ1) is 2.00. The van der Waals surface area contributed by atoms with Gasteiger partial charge in [0.05, 0.1) is 0 Å². The molecular formula is H5BrLiNO4S. The molecule has 0 amide bonds. The molecular weight excluding hydrogens is 197 g/mol. The molecule has 0 aromatic rings. The van der Waals surface area contributed by atoms with Crippen LogP contribution in [-0.2, 0) is 10.4 Å². The summed E-state index contributed by atoms with van der Waals surface area (Å²) in [5.74, 6) is 0. The van der Waals surface area contributed by atoms with Gasteiger partial charge in [0.1, 0.15) is 0 Å². The smallest absolute Gasteiger partial charge is 1.00 e. The number of quaternary nitrogens is 1. The minimum absolute atomic E-state index is 0. The van der Waals surface area contributed by atoms with Crippen molar-refractivity contribution in [3.05, 3.63) is 0 Å². The molecule has 0 aliphatic carbocycles. The molecule has 0 aromatic carbocycles. The van der Waals surface area contributed by atoms with E-state index in [9.17, 15) is 0 Å². The second-order valence-corrected chi connectivity index (χ2v) is 1.28. The van der Waals surface area contributed by atoms with E-state index in [1.807, 2.05) is 0 Å². The molecule has 8 heteroatoms. The largest absolute Gasteiger partial charge is 1.00 e. The van der Waals surface area contributed by atoms with Gasteiger partial charge in [-0.05, 0) is 0 Å². The van der Waals surface area contributed by atoms with E-state index in [-0.39, 0.29) is 42.0 Å². The first-order valence-electron chi connectivity index (χ1n) is 0.683. The van der Waals surface area contributed by atoms with Crippen LogP contribution < -0.4 is 42.0 Å². The second kappa shape index (κ2) is 7.91. The molecule has 0 saturated carbocycles. The molecule has 0 atom stereocenters. The fourth-order valence-electron chi connectivity index (χ4n) is 0. The van der Waals surface area contributed by atoms with Crippen LogP contribution in [0.25, 0.3) is 0 Å².